The minimum Gasteiger partial charge on any atom is -0.497 e. The molecule has 7 nitrogen and oxygen atoms in total. The van der Waals surface area contributed by atoms with Crippen LogP contribution in [0.25, 0.3) is 16.2 Å². The summed E-state index contributed by atoms with van der Waals surface area (Å²) in [6.07, 6.45) is 0. The molecule has 27 heavy (non-hydrogen) atoms. The molecule has 2 aromatic carbocycles. The zero-order chi connectivity index (χ0) is 18.8. The fourth-order valence-electron chi connectivity index (χ4n) is 2.65. The Morgan fingerprint density at radius 1 is 1.07 bits per heavy atom. The van der Waals surface area contributed by atoms with Gasteiger partial charge in [-0.05, 0) is 12.1 Å². The topological polar surface area (TPSA) is 77.8 Å². The molecule has 0 atom stereocenters. The van der Waals surface area contributed by atoms with Gasteiger partial charge in [-0.1, -0.05) is 30.3 Å². The van der Waals surface area contributed by atoms with Crippen molar-refractivity contribution in [1.82, 2.24) is 14.6 Å². The summed E-state index contributed by atoms with van der Waals surface area (Å²) in [4.78, 5) is 17.7. The molecule has 0 bridgehead atoms. The number of benzene rings is 2. The Labute approximate surface area is 159 Å². The smallest absolute Gasteiger partial charge is 0.258 e. The second-order valence-corrected chi connectivity index (χ2v) is 6.51. The lowest BCUT2D eigenvalue weighted by Gasteiger charge is -2.07. The van der Waals surface area contributed by atoms with Crippen LogP contribution in [-0.2, 0) is 0 Å². The number of carbonyl (C=O) groups excluding carboxylic acids is 1. The number of rotatable bonds is 5. The van der Waals surface area contributed by atoms with E-state index >= 15 is 0 Å². The van der Waals surface area contributed by atoms with Gasteiger partial charge in [0.2, 0.25) is 4.96 Å². The molecular weight excluding hydrogens is 364 g/mol. The first kappa shape index (κ1) is 17.0. The molecule has 1 N–H and O–H groups in total. The van der Waals surface area contributed by atoms with Crippen molar-refractivity contribution in [3.63, 3.8) is 0 Å². The molecule has 0 aliphatic carbocycles. The Balaban J connectivity index is 1.62. The summed E-state index contributed by atoms with van der Waals surface area (Å²) in [5.41, 5.74) is 2.35. The molecular formula is C19H16N4O3S. The maximum absolute atomic E-state index is 12.6. The molecule has 0 radical (unpaired) electrons. The van der Waals surface area contributed by atoms with Gasteiger partial charge >= 0.3 is 0 Å². The highest BCUT2D eigenvalue weighted by molar-refractivity contribution is 7.15. The predicted octanol–water partition coefficient (Wildman–Crippen LogP) is 3.73. The van der Waals surface area contributed by atoms with Gasteiger partial charge in [0.1, 0.15) is 11.5 Å². The summed E-state index contributed by atoms with van der Waals surface area (Å²) in [5, 5.41) is 9.14. The van der Waals surface area contributed by atoms with E-state index in [-0.39, 0.29) is 11.9 Å². The number of thiazole rings is 1. The van der Waals surface area contributed by atoms with E-state index in [1.165, 1.54) is 25.6 Å². The molecule has 8 heteroatoms. The van der Waals surface area contributed by atoms with E-state index in [0.29, 0.717) is 22.0 Å². The molecule has 0 saturated heterocycles. The number of anilines is 1. The number of aromatic nitrogens is 3. The van der Waals surface area contributed by atoms with Gasteiger partial charge in [-0.3, -0.25) is 10.1 Å². The van der Waals surface area contributed by atoms with Crippen molar-refractivity contribution in [3.05, 3.63) is 59.5 Å². The molecule has 0 fully saturated rings. The largest absolute Gasteiger partial charge is 0.497 e. The van der Waals surface area contributed by atoms with Gasteiger partial charge in [-0.2, -0.15) is 4.98 Å². The molecule has 2 heterocycles. The summed E-state index contributed by atoms with van der Waals surface area (Å²) in [7, 11) is 3.07. The number of carbonyl (C=O) groups is 1. The highest BCUT2D eigenvalue weighted by atomic mass is 32.1. The zero-order valence-corrected chi connectivity index (χ0v) is 15.5. The van der Waals surface area contributed by atoms with Crippen LogP contribution in [0.1, 0.15) is 10.4 Å². The van der Waals surface area contributed by atoms with Crippen LogP contribution in [0.4, 0.5) is 5.95 Å². The van der Waals surface area contributed by atoms with Crippen molar-refractivity contribution in [2.75, 3.05) is 19.5 Å². The summed E-state index contributed by atoms with van der Waals surface area (Å²) in [6, 6.07) is 14.9. The molecule has 0 aliphatic heterocycles. The summed E-state index contributed by atoms with van der Waals surface area (Å²) in [6.45, 7) is 0. The second-order valence-electron chi connectivity index (χ2n) is 5.67. The second kappa shape index (κ2) is 7.08. The lowest BCUT2D eigenvalue weighted by Crippen LogP contribution is -2.13. The SMILES string of the molecule is COc1cc(OC)cc(C(=O)Nc2nc3scc(-c4ccccc4)n3n2)c1. The molecule has 2 aromatic heterocycles. The third kappa shape index (κ3) is 3.34. The van der Waals surface area contributed by atoms with Crippen molar-refractivity contribution in [2.24, 2.45) is 0 Å². The van der Waals surface area contributed by atoms with Crippen LogP contribution in [0.3, 0.4) is 0 Å². The third-order valence-corrected chi connectivity index (χ3v) is 4.81. The third-order valence-electron chi connectivity index (χ3n) is 3.99. The van der Waals surface area contributed by atoms with E-state index < -0.39 is 0 Å². The van der Waals surface area contributed by atoms with Crippen LogP contribution in [-0.4, -0.2) is 34.7 Å². The highest BCUT2D eigenvalue weighted by Crippen LogP contribution is 2.26. The Hall–Kier alpha value is -3.39. The first-order chi connectivity index (χ1) is 13.2. The maximum atomic E-state index is 12.6. The van der Waals surface area contributed by atoms with Crippen LogP contribution in [0.15, 0.2) is 53.9 Å². The molecule has 4 aromatic rings. The fourth-order valence-corrected chi connectivity index (χ4v) is 3.49. The standard InChI is InChI=1S/C19H16N4O3S/c1-25-14-8-13(9-15(10-14)26-2)17(24)20-18-21-19-23(22-18)16(11-27-19)12-6-4-3-5-7-12/h3-11H,1-2H3,(H,20,22,24). The number of nitrogens with one attached hydrogen (secondary N) is 1. The number of hydrogen-bond donors (Lipinski definition) is 1. The Bertz CT molecular complexity index is 1080. The zero-order valence-electron chi connectivity index (χ0n) is 14.7. The first-order valence-corrected chi connectivity index (χ1v) is 9.00. The Kier molecular flexibility index (Phi) is 4.47. The van der Waals surface area contributed by atoms with E-state index in [2.05, 4.69) is 15.4 Å². The number of hydrogen-bond acceptors (Lipinski definition) is 6. The highest BCUT2D eigenvalue weighted by Gasteiger charge is 2.15. The van der Waals surface area contributed by atoms with Gasteiger partial charge in [0.05, 0.1) is 19.9 Å². The van der Waals surface area contributed by atoms with Gasteiger partial charge < -0.3 is 9.47 Å². The van der Waals surface area contributed by atoms with Crippen LogP contribution < -0.4 is 14.8 Å². The molecule has 0 aliphatic rings. The number of methoxy groups -OCH3 is 2. The lowest BCUT2D eigenvalue weighted by atomic mass is 10.2. The molecule has 136 valence electrons. The first-order valence-electron chi connectivity index (χ1n) is 8.12. The fraction of sp³-hybridized carbons (Fsp3) is 0.105. The van der Waals surface area contributed by atoms with E-state index in [0.717, 1.165) is 11.3 Å². The van der Waals surface area contributed by atoms with E-state index in [9.17, 15) is 4.79 Å². The predicted molar refractivity (Wildman–Crippen MR) is 104 cm³/mol. The van der Waals surface area contributed by atoms with Crippen molar-refractivity contribution in [2.45, 2.75) is 0 Å². The molecule has 1 amide bonds. The minimum absolute atomic E-state index is 0.241. The van der Waals surface area contributed by atoms with Crippen LogP contribution in [0.5, 0.6) is 11.5 Å². The number of nitrogens with zero attached hydrogens (tertiary/aromatic N) is 3. The van der Waals surface area contributed by atoms with Crippen molar-refractivity contribution < 1.29 is 14.3 Å². The van der Waals surface area contributed by atoms with Gasteiger partial charge in [-0.15, -0.1) is 16.4 Å². The van der Waals surface area contributed by atoms with Crippen molar-refractivity contribution in [1.29, 1.82) is 0 Å². The van der Waals surface area contributed by atoms with Gasteiger partial charge in [-0.25, -0.2) is 4.52 Å². The Morgan fingerprint density at radius 3 is 2.44 bits per heavy atom. The van der Waals surface area contributed by atoms with Crippen LogP contribution in [0.2, 0.25) is 0 Å². The molecule has 0 saturated carbocycles. The monoisotopic (exact) mass is 380 g/mol. The maximum Gasteiger partial charge on any atom is 0.258 e. The van der Waals surface area contributed by atoms with Crippen LogP contribution in [0, 0.1) is 0 Å². The van der Waals surface area contributed by atoms with Crippen molar-refractivity contribution in [3.8, 4) is 22.8 Å². The average Bonchev–Trinajstić information content (AvgIpc) is 3.28. The molecule has 0 unspecified atom stereocenters. The number of ether oxygens (including phenoxy) is 2. The quantitative estimate of drug-likeness (QED) is 0.571. The normalized spacial score (nSPS) is 10.7. The van der Waals surface area contributed by atoms with Crippen LogP contribution >= 0.6 is 11.3 Å². The molecule has 4 rings (SSSR count). The Morgan fingerprint density at radius 2 is 1.78 bits per heavy atom. The minimum atomic E-state index is -0.341. The van der Waals surface area contributed by atoms with Gasteiger partial charge in [0.25, 0.3) is 11.9 Å². The van der Waals surface area contributed by atoms with E-state index in [1.54, 1.807) is 22.7 Å². The van der Waals surface area contributed by atoms with Gasteiger partial charge in [0, 0.05) is 22.6 Å². The number of fused-ring (bicyclic) bond motifs is 1. The lowest BCUT2D eigenvalue weighted by molar-refractivity contribution is 0.102. The van der Waals surface area contributed by atoms with Crippen molar-refractivity contribution >= 4 is 28.2 Å². The average molecular weight is 380 g/mol. The number of amides is 1. The summed E-state index contributed by atoms with van der Waals surface area (Å²) in [5.74, 6) is 0.965. The van der Waals surface area contributed by atoms with E-state index in [4.69, 9.17) is 9.47 Å². The molecule has 0 spiro atoms. The van der Waals surface area contributed by atoms with Gasteiger partial charge in [0.15, 0.2) is 0 Å². The summed E-state index contributed by atoms with van der Waals surface area (Å²) < 4.78 is 12.1. The van der Waals surface area contributed by atoms with E-state index in [1.807, 2.05) is 35.7 Å². The summed E-state index contributed by atoms with van der Waals surface area (Å²) >= 11 is 1.46.